The Balaban J connectivity index is 1.69. The van der Waals surface area contributed by atoms with E-state index in [0.29, 0.717) is 38.3 Å². The SMILES string of the molecule is COc1ccc(/C=C2\CN(S(C)(=O)=O)Cc3c(C(=O)NC(C)c4ccccc4)nn(-c4ccc(Cl)cc4Cl)c32)cc1. The number of carbonyl (C=O) groups is 1. The highest BCUT2D eigenvalue weighted by atomic mass is 35.5. The number of amides is 1. The van der Waals surface area contributed by atoms with Gasteiger partial charge in [-0.2, -0.15) is 9.40 Å². The van der Waals surface area contributed by atoms with Gasteiger partial charge in [0.2, 0.25) is 10.0 Å². The second-order valence-electron chi connectivity index (χ2n) is 9.76. The van der Waals surface area contributed by atoms with Crippen molar-refractivity contribution in [2.45, 2.75) is 19.5 Å². The number of halogens is 2. The fourth-order valence-corrected chi connectivity index (χ4v) is 6.00. The van der Waals surface area contributed by atoms with E-state index in [9.17, 15) is 13.2 Å². The van der Waals surface area contributed by atoms with Gasteiger partial charge in [0.05, 0.1) is 35.8 Å². The predicted octanol–water partition coefficient (Wildman–Crippen LogP) is 5.99. The molecule has 1 aliphatic heterocycles. The Kier molecular flexibility index (Phi) is 8.24. The largest absolute Gasteiger partial charge is 0.497 e. The molecule has 1 unspecified atom stereocenters. The number of rotatable bonds is 7. The lowest BCUT2D eigenvalue weighted by Gasteiger charge is -2.28. The minimum atomic E-state index is -3.62. The topological polar surface area (TPSA) is 93.5 Å². The quantitative estimate of drug-likeness (QED) is 0.277. The zero-order valence-electron chi connectivity index (χ0n) is 22.6. The third-order valence-corrected chi connectivity index (χ3v) is 8.63. The average Bonchev–Trinajstić information content (AvgIpc) is 3.33. The summed E-state index contributed by atoms with van der Waals surface area (Å²) in [6.07, 6.45) is 3.03. The van der Waals surface area contributed by atoms with E-state index in [0.717, 1.165) is 17.4 Å². The Morgan fingerprint density at radius 1 is 1.05 bits per heavy atom. The number of nitrogens with one attached hydrogen (secondary N) is 1. The predicted molar refractivity (Wildman–Crippen MR) is 162 cm³/mol. The fraction of sp³-hybridized carbons (Fsp3) is 0.200. The van der Waals surface area contributed by atoms with Gasteiger partial charge in [-0.05, 0) is 60.0 Å². The van der Waals surface area contributed by atoms with Crippen LogP contribution in [0.15, 0.2) is 72.8 Å². The summed E-state index contributed by atoms with van der Waals surface area (Å²) in [6.45, 7) is 1.93. The number of benzene rings is 3. The lowest BCUT2D eigenvalue weighted by molar-refractivity contribution is 0.0933. The fourth-order valence-electron chi connectivity index (χ4n) is 4.78. The molecule has 4 aromatic rings. The third kappa shape index (κ3) is 6.18. The summed E-state index contributed by atoms with van der Waals surface area (Å²) >= 11 is 12.8. The van der Waals surface area contributed by atoms with Crippen molar-refractivity contribution >= 4 is 50.8 Å². The highest BCUT2D eigenvalue weighted by Crippen LogP contribution is 2.37. The molecule has 0 spiro atoms. The first-order valence-electron chi connectivity index (χ1n) is 12.8. The van der Waals surface area contributed by atoms with Gasteiger partial charge >= 0.3 is 0 Å². The van der Waals surface area contributed by atoms with Crippen molar-refractivity contribution in [2.24, 2.45) is 0 Å². The molecule has 0 fully saturated rings. The zero-order chi connectivity index (χ0) is 29.3. The number of hydrogen-bond donors (Lipinski definition) is 1. The van der Waals surface area contributed by atoms with Gasteiger partial charge in [0.15, 0.2) is 5.69 Å². The lowest BCUT2D eigenvalue weighted by atomic mass is 9.98. The first-order chi connectivity index (χ1) is 19.5. The highest BCUT2D eigenvalue weighted by molar-refractivity contribution is 7.88. The van der Waals surface area contributed by atoms with Gasteiger partial charge in [-0.15, -0.1) is 0 Å². The van der Waals surface area contributed by atoms with Crippen molar-refractivity contribution in [1.82, 2.24) is 19.4 Å². The number of aromatic nitrogens is 2. The molecule has 1 amide bonds. The molecule has 11 heteroatoms. The van der Waals surface area contributed by atoms with Crippen LogP contribution in [0.4, 0.5) is 0 Å². The molecule has 1 atom stereocenters. The third-order valence-electron chi connectivity index (χ3n) is 6.89. The molecule has 0 bridgehead atoms. The molecule has 212 valence electrons. The van der Waals surface area contributed by atoms with Crippen LogP contribution in [0.5, 0.6) is 5.75 Å². The van der Waals surface area contributed by atoms with Crippen LogP contribution in [0, 0.1) is 0 Å². The maximum Gasteiger partial charge on any atom is 0.272 e. The molecule has 3 aromatic carbocycles. The minimum absolute atomic E-state index is 0.0260. The van der Waals surface area contributed by atoms with E-state index in [2.05, 4.69) is 5.32 Å². The number of hydrogen-bond acceptors (Lipinski definition) is 5. The molecule has 5 rings (SSSR count). The van der Waals surface area contributed by atoms with Crippen LogP contribution < -0.4 is 10.1 Å². The Bertz CT molecular complexity index is 1740. The van der Waals surface area contributed by atoms with Gasteiger partial charge in [0.25, 0.3) is 5.91 Å². The number of methoxy groups -OCH3 is 1. The maximum atomic E-state index is 13.7. The molecule has 0 saturated heterocycles. The van der Waals surface area contributed by atoms with Crippen LogP contribution in [0.25, 0.3) is 17.3 Å². The van der Waals surface area contributed by atoms with Crippen molar-refractivity contribution in [1.29, 1.82) is 0 Å². The van der Waals surface area contributed by atoms with Gasteiger partial charge in [0, 0.05) is 23.7 Å². The summed E-state index contributed by atoms with van der Waals surface area (Å²) in [5.74, 6) is 0.263. The summed E-state index contributed by atoms with van der Waals surface area (Å²) in [5.41, 5.74) is 4.09. The van der Waals surface area contributed by atoms with Crippen LogP contribution in [0.3, 0.4) is 0 Å². The van der Waals surface area contributed by atoms with Crippen LogP contribution in [0.2, 0.25) is 10.0 Å². The van der Waals surface area contributed by atoms with E-state index in [-0.39, 0.29) is 24.8 Å². The molecule has 0 aliphatic carbocycles. The summed E-state index contributed by atoms with van der Waals surface area (Å²) in [7, 11) is -2.03. The molecule has 1 N–H and O–H groups in total. The van der Waals surface area contributed by atoms with Crippen LogP contribution in [0.1, 0.15) is 45.8 Å². The van der Waals surface area contributed by atoms with Gasteiger partial charge in [-0.25, -0.2) is 13.1 Å². The number of ether oxygens (including phenoxy) is 1. The van der Waals surface area contributed by atoms with Gasteiger partial charge in [-0.1, -0.05) is 65.7 Å². The van der Waals surface area contributed by atoms with E-state index in [1.165, 1.54) is 4.31 Å². The first-order valence-corrected chi connectivity index (χ1v) is 15.4. The molecule has 1 aliphatic rings. The van der Waals surface area contributed by atoms with Crippen LogP contribution in [-0.4, -0.2) is 48.3 Å². The van der Waals surface area contributed by atoms with E-state index in [1.54, 1.807) is 30.0 Å². The van der Waals surface area contributed by atoms with Crippen molar-refractivity contribution in [3.63, 3.8) is 0 Å². The monoisotopic (exact) mass is 610 g/mol. The molecule has 0 saturated carbocycles. The lowest BCUT2D eigenvalue weighted by Crippen LogP contribution is -2.36. The molecule has 1 aromatic heterocycles. The summed E-state index contributed by atoms with van der Waals surface area (Å²) in [5, 5.41) is 8.53. The van der Waals surface area contributed by atoms with E-state index in [4.69, 9.17) is 33.0 Å². The molecule has 41 heavy (non-hydrogen) atoms. The summed E-state index contributed by atoms with van der Waals surface area (Å²) in [6, 6.07) is 21.6. The van der Waals surface area contributed by atoms with E-state index >= 15 is 0 Å². The van der Waals surface area contributed by atoms with Gasteiger partial charge < -0.3 is 10.1 Å². The molecule has 0 radical (unpaired) electrons. The van der Waals surface area contributed by atoms with E-state index < -0.39 is 15.9 Å². The number of nitrogens with zero attached hydrogens (tertiary/aromatic N) is 3. The number of carbonyl (C=O) groups excluding carboxylic acids is 1. The van der Waals surface area contributed by atoms with Gasteiger partial charge in [-0.3, -0.25) is 4.79 Å². The van der Waals surface area contributed by atoms with Crippen LogP contribution in [-0.2, 0) is 16.6 Å². The standard InChI is InChI=1S/C30H28Cl2N4O4S/c1-19(21-7-5-4-6-8-21)33-30(37)28-25-18-35(41(3,38)39)17-22(15-20-9-12-24(40-2)13-10-20)29(25)36(34-28)27-14-11-23(31)16-26(27)32/h4-16,19H,17-18H2,1-3H3,(H,33,37)/b22-15+. The van der Waals surface area contributed by atoms with Crippen molar-refractivity contribution in [3.05, 3.63) is 111 Å². The first kappa shape index (κ1) is 28.9. The molecule has 8 nitrogen and oxygen atoms in total. The second-order valence-corrected chi connectivity index (χ2v) is 12.6. The molecule has 2 heterocycles. The summed E-state index contributed by atoms with van der Waals surface area (Å²) < 4.78 is 33.8. The zero-order valence-corrected chi connectivity index (χ0v) is 25.0. The highest BCUT2D eigenvalue weighted by Gasteiger charge is 2.35. The van der Waals surface area contributed by atoms with Crippen LogP contribution >= 0.6 is 23.2 Å². The minimum Gasteiger partial charge on any atom is -0.497 e. The Labute approximate surface area is 249 Å². The molecular weight excluding hydrogens is 583 g/mol. The summed E-state index contributed by atoms with van der Waals surface area (Å²) in [4.78, 5) is 13.7. The van der Waals surface area contributed by atoms with Crippen molar-refractivity contribution < 1.29 is 17.9 Å². The average molecular weight is 612 g/mol. The smallest absolute Gasteiger partial charge is 0.272 e. The Hall–Kier alpha value is -3.63. The second kappa shape index (κ2) is 11.7. The molecular formula is C30H28Cl2N4O4S. The normalized spacial score (nSPS) is 15.4. The van der Waals surface area contributed by atoms with Crippen molar-refractivity contribution in [3.8, 4) is 11.4 Å². The number of sulfonamides is 1. The Morgan fingerprint density at radius 2 is 1.76 bits per heavy atom. The van der Waals surface area contributed by atoms with Gasteiger partial charge in [0.1, 0.15) is 5.75 Å². The van der Waals surface area contributed by atoms with E-state index in [1.807, 2.05) is 67.6 Å². The number of fused-ring (bicyclic) bond motifs is 1. The maximum absolute atomic E-state index is 13.7. The Morgan fingerprint density at radius 3 is 2.39 bits per heavy atom. The van der Waals surface area contributed by atoms with Crippen molar-refractivity contribution in [2.75, 3.05) is 19.9 Å².